The van der Waals surface area contributed by atoms with Crippen molar-refractivity contribution in [3.63, 3.8) is 0 Å². The summed E-state index contributed by atoms with van der Waals surface area (Å²) in [4.78, 5) is 23.7. The van der Waals surface area contributed by atoms with E-state index in [9.17, 15) is 18.0 Å². The van der Waals surface area contributed by atoms with Crippen LogP contribution in [0.1, 0.15) is 51.9 Å². The number of aromatic amines is 1. The van der Waals surface area contributed by atoms with Gasteiger partial charge in [-0.05, 0) is 59.9 Å². The van der Waals surface area contributed by atoms with Crippen LogP contribution in [0.3, 0.4) is 0 Å². The van der Waals surface area contributed by atoms with Gasteiger partial charge in [0.05, 0.1) is 22.5 Å². The molecule has 1 fully saturated rings. The van der Waals surface area contributed by atoms with E-state index in [-0.39, 0.29) is 23.8 Å². The molecular weight excluding hydrogens is 457 g/mol. The number of nitrogens with one attached hydrogen (secondary N) is 2. The maximum Gasteiger partial charge on any atom is 0.416 e. The third-order valence-corrected chi connectivity index (χ3v) is 7.20. The van der Waals surface area contributed by atoms with E-state index < -0.39 is 11.7 Å². The average molecular weight is 476 g/mol. The maximum absolute atomic E-state index is 13.1. The first-order valence-electron chi connectivity index (χ1n) is 11.5. The molecule has 0 saturated heterocycles. The Labute approximate surface area is 197 Å². The van der Waals surface area contributed by atoms with Gasteiger partial charge in [0.25, 0.3) is 0 Å². The number of imidazole rings is 1. The van der Waals surface area contributed by atoms with Gasteiger partial charge in [0.15, 0.2) is 0 Å². The monoisotopic (exact) mass is 476 g/mol. The number of hydrogen-bond donors (Lipinski definition) is 2. The number of carbonyl (C=O) groups excluding carboxylic acids is 1. The van der Waals surface area contributed by atoms with Crippen molar-refractivity contribution in [3.05, 3.63) is 82.3 Å². The molecule has 2 aromatic heterocycles. The highest BCUT2D eigenvalue weighted by molar-refractivity contribution is 5.93. The van der Waals surface area contributed by atoms with Gasteiger partial charge in [0.2, 0.25) is 5.91 Å². The van der Waals surface area contributed by atoms with E-state index >= 15 is 0 Å². The molecule has 1 saturated carbocycles. The topological polar surface area (TPSA) is 79.9 Å². The summed E-state index contributed by atoms with van der Waals surface area (Å²) in [6.07, 6.45) is -0.903. The molecule has 35 heavy (non-hydrogen) atoms. The number of alkyl halides is 3. The maximum atomic E-state index is 13.1. The number of nitrogens with zero attached hydrogens (tertiary/aromatic N) is 2. The van der Waals surface area contributed by atoms with Crippen LogP contribution in [0.5, 0.6) is 5.75 Å². The molecule has 6 nitrogen and oxygen atoms in total. The summed E-state index contributed by atoms with van der Waals surface area (Å²) in [6, 6.07) is 11.7. The lowest BCUT2D eigenvalue weighted by Gasteiger charge is -2.19. The second kappa shape index (κ2) is 7.07. The normalized spacial score (nSPS) is 22.3. The molecule has 2 aromatic carbocycles. The van der Waals surface area contributed by atoms with E-state index in [4.69, 9.17) is 4.74 Å². The fourth-order valence-electron chi connectivity index (χ4n) is 5.45. The van der Waals surface area contributed by atoms with Crippen molar-refractivity contribution in [1.29, 1.82) is 0 Å². The molecule has 2 aliphatic heterocycles. The van der Waals surface area contributed by atoms with Gasteiger partial charge in [-0.15, -0.1) is 0 Å². The summed E-state index contributed by atoms with van der Waals surface area (Å²) in [7, 11) is 0. The van der Waals surface area contributed by atoms with Crippen molar-refractivity contribution in [1.82, 2.24) is 15.0 Å². The lowest BCUT2D eigenvalue weighted by Crippen LogP contribution is -2.21. The Morgan fingerprint density at radius 3 is 2.80 bits per heavy atom. The van der Waals surface area contributed by atoms with Crippen molar-refractivity contribution in [3.8, 4) is 5.75 Å². The molecule has 0 unspecified atom stereocenters. The van der Waals surface area contributed by atoms with Crippen LogP contribution in [0.25, 0.3) is 11.0 Å². The Morgan fingerprint density at radius 2 is 1.94 bits per heavy atom. The Hall–Kier alpha value is -3.88. The van der Waals surface area contributed by atoms with E-state index in [1.165, 1.54) is 6.07 Å². The molecule has 9 heteroatoms. The summed E-state index contributed by atoms with van der Waals surface area (Å²) in [6.45, 7) is 0. The van der Waals surface area contributed by atoms with Gasteiger partial charge >= 0.3 is 6.18 Å². The number of carbonyl (C=O) groups is 1. The number of amides is 1. The van der Waals surface area contributed by atoms with Crippen molar-refractivity contribution in [2.45, 2.75) is 43.4 Å². The number of rotatable bonds is 3. The van der Waals surface area contributed by atoms with Gasteiger partial charge in [-0.25, -0.2) is 9.97 Å². The number of fused-ring (bicyclic) bond motifs is 5. The zero-order valence-corrected chi connectivity index (χ0v) is 18.3. The number of H-pyrrole nitrogens is 1. The Bertz CT molecular complexity index is 1530. The molecule has 0 radical (unpaired) electrons. The molecule has 176 valence electrons. The fourth-order valence-corrected chi connectivity index (χ4v) is 5.45. The highest BCUT2D eigenvalue weighted by Crippen LogP contribution is 2.63. The van der Waals surface area contributed by atoms with Crippen LogP contribution in [-0.2, 0) is 23.8 Å². The van der Waals surface area contributed by atoms with Crippen LogP contribution in [0.2, 0.25) is 0 Å². The molecule has 3 aliphatic rings. The Morgan fingerprint density at radius 1 is 1.06 bits per heavy atom. The predicted octanol–water partition coefficient (Wildman–Crippen LogP) is 5.09. The minimum atomic E-state index is -4.40. The molecular formula is C26H19F3N4O2. The molecule has 4 heterocycles. The zero-order chi connectivity index (χ0) is 23.9. The Balaban J connectivity index is 1.16. The molecule has 0 bridgehead atoms. The second-order valence-corrected chi connectivity index (χ2v) is 9.38. The number of pyridine rings is 1. The van der Waals surface area contributed by atoms with Gasteiger partial charge in [-0.3, -0.25) is 4.79 Å². The smallest absolute Gasteiger partial charge is 0.416 e. The van der Waals surface area contributed by atoms with Crippen molar-refractivity contribution in [2.75, 3.05) is 5.32 Å². The van der Waals surface area contributed by atoms with Crippen LogP contribution in [0.4, 0.5) is 19.0 Å². The molecule has 0 spiro atoms. The molecule has 1 aliphatic carbocycles. The van der Waals surface area contributed by atoms with Crippen molar-refractivity contribution < 1.29 is 22.7 Å². The standard InChI is InChI=1S/C26H19F3N4O2/c27-26(28,29)14-2-4-17-18(11-14)32-25(31-17)22-21-16-10-12(1-5-19(16)35-23(21)22)9-13-7-8-30-24-15(13)3-6-20(34)33-24/h1-2,4-5,7-8,10-11,21-23H,3,6,9H2,(H,31,32)(H,30,33,34)/t21-,22+,23+/m1/s1. The van der Waals surface area contributed by atoms with Crippen LogP contribution in [-0.4, -0.2) is 27.0 Å². The van der Waals surface area contributed by atoms with E-state index in [1.807, 2.05) is 18.2 Å². The summed E-state index contributed by atoms with van der Waals surface area (Å²) < 4.78 is 45.4. The highest BCUT2D eigenvalue weighted by atomic mass is 19.4. The summed E-state index contributed by atoms with van der Waals surface area (Å²) in [5, 5.41) is 2.85. The van der Waals surface area contributed by atoms with E-state index in [2.05, 4.69) is 26.3 Å². The summed E-state index contributed by atoms with van der Waals surface area (Å²) in [5.74, 6) is 2.25. The van der Waals surface area contributed by atoms with Gasteiger partial charge in [0, 0.05) is 24.1 Å². The van der Waals surface area contributed by atoms with Crippen LogP contribution >= 0.6 is 0 Å². The predicted molar refractivity (Wildman–Crippen MR) is 121 cm³/mol. The van der Waals surface area contributed by atoms with Crippen LogP contribution in [0, 0.1) is 0 Å². The number of anilines is 1. The number of hydrogen-bond acceptors (Lipinski definition) is 4. The minimum absolute atomic E-state index is 0.0108. The molecule has 1 amide bonds. The van der Waals surface area contributed by atoms with Crippen LogP contribution in [0.15, 0.2) is 48.7 Å². The third kappa shape index (κ3) is 3.29. The van der Waals surface area contributed by atoms with Crippen LogP contribution < -0.4 is 10.1 Å². The number of aromatic nitrogens is 3. The molecule has 2 N–H and O–H groups in total. The SMILES string of the molecule is O=C1CCc2c(Cc3ccc4c(c3)[C@H]3[C@H](O4)[C@H]3c3nc4ccc(C(F)(F)F)cc4[nH]3)ccnc2N1. The Kier molecular flexibility index (Phi) is 4.14. The summed E-state index contributed by atoms with van der Waals surface area (Å²) in [5.41, 5.74) is 4.64. The largest absolute Gasteiger partial charge is 0.489 e. The second-order valence-electron chi connectivity index (χ2n) is 9.38. The first kappa shape index (κ1) is 20.5. The van der Waals surface area contributed by atoms with E-state index in [0.29, 0.717) is 41.9 Å². The van der Waals surface area contributed by atoms with Crippen molar-refractivity contribution in [2.24, 2.45) is 0 Å². The highest BCUT2D eigenvalue weighted by Gasteiger charge is 2.61. The van der Waals surface area contributed by atoms with Gasteiger partial charge in [-0.1, -0.05) is 12.1 Å². The zero-order valence-electron chi connectivity index (χ0n) is 18.3. The van der Waals surface area contributed by atoms with Gasteiger partial charge in [-0.2, -0.15) is 13.2 Å². The number of benzene rings is 2. The summed E-state index contributed by atoms with van der Waals surface area (Å²) >= 11 is 0. The quantitative estimate of drug-likeness (QED) is 0.432. The van der Waals surface area contributed by atoms with Gasteiger partial charge < -0.3 is 15.0 Å². The first-order valence-corrected chi connectivity index (χ1v) is 11.5. The fraction of sp³-hybridized carbons (Fsp3) is 0.269. The molecule has 4 aromatic rings. The molecule has 7 rings (SSSR count). The van der Waals surface area contributed by atoms with E-state index in [1.54, 1.807) is 6.20 Å². The average Bonchev–Trinajstić information content (AvgIpc) is 3.18. The number of halogens is 3. The van der Waals surface area contributed by atoms with Gasteiger partial charge in [0.1, 0.15) is 23.5 Å². The molecule has 3 atom stereocenters. The third-order valence-electron chi connectivity index (χ3n) is 7.20. The lowest BCUT2D eigenvalue weighted by atomic mass is 9.94. The van der Waals surface area contributed by atoms with E-state index in [0.717, 1.165) is 40.1 Å². The number of ether oxygens (including phenoxy) is 1. The first-order chi connectivity index (χ1) is 16.8. The van der Waals surface area contributed by atoms with Crippen molar-refractivity contribution >= 4 is 22.8 Å². The lowest BCUT2D eigenvalue weighted by molar-refractivity contribution is -0.137. The minimum Gasteiger partial charge on any atom is -0.489 e.